The Balaban J connectivity index is 2.22. The average molecular weight is 240 g/mol. The topological polar surface area (TPSA) is 108 Å². The molecular formula is C10H8N8. The number of aryl methyl sites for hydroxylation is 1. The third kappa shape index (κ3) is 1.48. The fourth-order valence-corrected chi connectivity index (χ4v) is 1.72. The van der Waals surface area contributed by atoms with Crippen LogP contribution in [0.5, 0.6) is 0 Å². The van der Waals surface area contributed by atoms with Gasteiger partial charge in [-0.15, -0.1) is 10.2 Å². The van der Waals surface area contributed by atoms with Gasteiger partial charge in [-0.3, -0.25) is 5.10 Å². The maximum absolute atomic E-state index is 8.54. The number of hydrogen-bond acceptors (Lipinski definition) is 4. The van der Waals surface area contributed by atoms with Crippen LogP contribution in [0, 0.1) is 6.92 Å². The monoisotopic (exact) mass is 240 g/mol. The first kappa shape index (κ1) is 10.3. The van der Waals surface area contributed by atoms with Crippen molar-refractivity contribution in [1.82, 2.24) is 24.8 Å². The minimum absolute atomic E-state index is 0.484. The molecule has 0 aliphatic rings. The lowest BCUT2D eigenvalue weighted by Gasteiger charge is -1.99. The number of azide groups is 1. The molecule has 88 valence electrons. The van der Waals surface area contributed by atoms with Gasteiger partial charge in [-0.05, 0) is 12.5 Å². The molecule has 0 unspecified atom stereocenters. The molecule has 1 N–H and O–H groups in total. The van der Waals surface area contributed by atoms with Crippen molar-refractivity contribution in [1.29, 1.82) is 0 Å². The van der Waals surface area contributed by atoms with Gasteiger partial charge in [-0.1, -0.05) is 29.4 Å². The van der Waals surface area contributed by atoms with E-state index < -0.39 is 0 Å². The maximum Gasteiger partial charge on any atom is 0.272 e. The minimum Gasteiger partial charge on any atom is -0.272 e. The third-order valence-corrected chi connectivity index (χ3v) is 2.55. The van der Waals surface area contributed by atoms with Gasteiger partial charge in [0.25, 0.3) is 5.78 Å². The van der Waals surface area contributed by atoms with E-state index >= 15 is 0 Å². The second-order valence-electron chi connectivity index (χ2n) is 3.66. The summed E-state index contributed by atoms with van der Waals surface area (Å²) in [5.74, 6) is 1.79. The fourth-order valence-electron chi connectivity index (χ4n) is 1.72. The predicted molar refractivity (Wildman–Crippen MR) is 64.1 cm³/mol. The number of nitrogens with zero attached hydrogens (tertiary/aromatic N) is 7. The number of benzene rings is 1. The molecule has 0 radical (unpaired) electrons. The van der Waals surface area contributed by atoms with Crippen LogP contribution in [0.2, 0.25) is 0 Å². The van der Waals surface area contributed by atoms with Crippen molar-refractivity contribution in [3.8, 4) is 11.4 Å². The highest BCUT2D eigenvalue weighted by Crippen LogP contribution is 2.27. The SMILES string of the molecule is Cc1nnc2nc(-c3ccccc3N=[N+]=[N-])[nH]n12. The molecule has 0 bridgehead atoms. The summed E-state index contributed by atoms with van der Waals surface area (Å²) >= 11 is 0. The van der Waals surface area contributed by atoms with Gasteiger partial charge in [-0.2, -0.15) is 4.98 Å². The summed E-state index contributed by atoms with van der Waals surface area (Å²) in [5.41, 5.74) is 9.77. The first-order chi connectivity index (χ1) is 8.79. The Bertz CT molecular complexity index is 761. The second kappa shape index (κ2) is 3.86. The molecule has 3 aromatic rings. The Labute approximate surface area is 101 Å². The van der Waals surface area contributed by atoms with Gasteiger partial charge in [0.15, 0.2) is 11.6 Å². The lowest BCUT2D eigenvalue weighted by Crippen LogP contribution is -1.88. The summed E-state index contributed by atoms with van der Waals surface area (Å²) in [6, 6.07) is 7.20. The molecule has 2 aromatic heterocycles. The van der Waals surface area contributed by atoms with E-state index in [0.29, 0.717) is 23.1 Å². The summed E-state index contributed by atoms with van der Waals surface area (Å²) < 4.78 is 1.67. The summed E-state index contributed by atoms with van der Waals surface area (Å²) in [5, 5.41) is 14.5. The van der Waals surface area contributed by atoms with Crippen LogP contribution in [0.3, 0.4) is 0 Å². The first-order valence-corrected chi connectivity index (χ1v) is 5.22. The van der Waals surface area contributed by atoms with Gasteiger partial charge < -0.3 is 0 Å². The van der Waals surface area contributed by atoms with Gasteiger partial charge in [-0.25, -0.2) is 4.52 Å². The summed E-state index contributed by atoms with van der Waals surface area (Å²) in [6.07, 6.45) is 0. The molecule has 0 saturated carbocycles. The van der Waals surface area contributed by atoms with Gasteiger partial charge in [0, 0.05) is 16.2 Å². The molecule has 0 fully saturated rings. The fraction of sp³-hybridized carbons (Fsp3) is 0.100. The molecule has 0 saturated heterocycles. The molecule has 8 heteroatoms. The molecule has 0 atom stereocenters. The predicted octanol–water partition coefficient (Wildman–Crippen LogP) is 2.37. The summed E-state index contributed by atoms with van der Waals surface area (Å²) in [7, 11) is 0. The third-order valence-electron chi connectivity index (χ3n) is 2.55. The van der Waals surface area contributed by atoms with Gasteiger partial charge in [0.05, 0.1) is 0 Å². The van der Waals surface area contributed by atoms with Crippen molar-refractivity contribution in [2.45, 2.75) is 6.92 Å². The molecule has 0 aliphatic carbocycles. The molecular weight excluding hydrogens is 232 g/mol. The summed E-state index contributed by atoms with van der Waals surface area (Å²) in [4.78, 5) is 7.10. The zero-order chi connectivity index (χ0) is 12.5. The van der Waals surface area contributed by atoms with Crippen molar-refractivity contribution >= 4 is 11.5 Å². The first-order valence-electron chi connectivity index (χ1n) is 5.22. The van der Waals surface area contributed by atoms with Gasteiger partial charge in [0.2, 0.25) is 0 Å². The van der Waals surface area contributed by atoms with Crippen molar-refractivity contribution in [2.75, 3.05) is 0 Å². The number of nitrogens with one attached hydrogen (secondary N) is 1. The van der Waals surface area contributed by atoms with Crippen LogP contribution in [-0.2, 0) is 0 Å². The molecule has 0 aliphatic heterocycles. The molecule has 8 nitrogen and oxygen atoms in total. The normalized spacial score (nSPS) is 10.5. The highest BCUT2D eigenvalue weighted by molar-refractivity contribution is 5.71. The highest BCUT2D eigenvalue weighted by Gasteiger charge is 2.11. The minimum atomic E-state index is 0.484. The zero-order valence-electron chi connectivity index (χ0n) is 9.44. The summed E-state index contributed by atoms with van der Waals surface area (Å²) in [6.45, 7) is 1.82. The van der Waals surface area contributed by atoms with Crippen molar-refractivity contribution in [2.24, 2.45) is 5.11 Å². The zero-order valence-corrected chi connectivity index (χ0v) is 9.44. The van der Waals surface area contributed by atoms with E-state index in [4.69, 9.17) is 5.53 Å². The lowest BCUT2D eigenvalue weighted by molar-refractivity contribution is 0.896. The quantitative estimate of drug-likeness (QED) is 0.422. The van der Waals surface area contributed by atoms with E-state index in [2.05, 4.69) is 30.3 Å². The van der Waals surface area contributed by atoms with Crippen molar-refractivity contribution in [3.05, 3.63) is 40.5 Å². The molecule has 1 aromatic carbocycles. The van der Waals surface area contributed by atoms with Crippen LogP contribution in [0.1, 0.15) is 5.82 Å². The molecule has 0 spiro atoms. The maximum atomic E-state index is 8.54. The van der Waals surface area contributed by atoms with Crippen LogP contribution >= 0.6 is 0 Å². The number of aromatic amines is 1. The average Bonchev–Trinajstić information content (AvgIpc) is 2.93. The molecule has 18 heavy (non-hydrogen) atoms. The van der Waals surface area contributed by atoms with E-state index in [1.807, 2.05) is 19.1 Å². The Kier molecular flexibility index (Phi) is 2.21. The lowest BCUT2D eigenvalue weighted by atomic mass is 10.2. The van der Waals surface area contributed by atoms with Crippen molar-refractivity contribution in [3.63, 3.8) is 0 Å². The highest BCUT2D eigenvalue weighted by atomic mass is 15.4. The van der Waals surface area contributed by atoms with E-state index in [1.165, 1.54) is 0 Å². The van der Waals surface area contributed by atoms with E-state index in [-0.39, 0.29) is 0 Å². The van der Waals surface area contributed by atoms with E-state index in [1.54, 1.807) is 16.6 Å². The Hall–Kier alpha value is -2.86. The Morgan fingerprint density at radius 3 is 2.94 bits per heavy atom. The van der Waals surface area contributed by atoms with Crippen LogP contribution in [0.4, 0.5) is 5.69 Å². The van der Waals surface area contributed by atoms with Crippen LogP contribution in [0.25, 0.3) is 27.6 Å². The van der Waals surface area contributed by atoms with Crippen molar-refractivity contribution < 1.29 is 0 Å². The molecule has 0 amide bonds. The van der Waals surface area contributed by atoms with Crippen LogP contribution < -0.4 is 0 Å². The molecule has 2 heterocycles. The van der Waals surface area contributed by atoms with Gasteiger partial charge >= 0.3 is 0 Å². The number of H-pyrrole nitrogens is 1. The number of hydrogen-bond donors (Lipinski definition) is 1. The number of aromatic nitrogens is 5. The van der Waals surface area contributed by atoms with Gasteiger partial charge in [0.1, 0.15) is 0 Å². The van der Waals surface area contributed by atoms with Crippen LogP contribution in [-0.4, -0.2) is 24.8 Å². The Morgan fingerprint density at radius 2 is 2.17 bits per heavy atom. The Morgan fingerprint density at radius 1 is 1.33 bits per heavy atom. The molecule has 3 rings (SSSR count). The largest absolute Gasteiger partial charge is 0.272 e. The van der Waals surface area contributed by atoms with Crippen LogP contribution in [0.15, 0.2) is 29.4 Å². The smallest absolute Gasteiger partial charge is 0.272 e. The second-order valence-corrected chi connectivity index (χ2v) is 3.66. The van der Waals surface area contributed by atoms with E-state index in [0.717, 1.165) is 5.56 Å². The standard InChI is InChI=1S/C10H8N8/c1-6-13-15-10-12-9(16-18(6)10)7-4-2-3-5-8(7)14-17-11/h2-5H,1H3,(H,12,15,16). The number of fused-ring (bicyclic) bond motifs is 1. The number of rotatable bonds is 2. The van der Waals surface area contributed by atoms with E-state index in [9.17, 15) is 0 Å².